The highest BCUT2D eigenvalue weighted by molar-refractivity contribution is 7.98. The van der Waals surface area contributed by atoms with Crippen LogP contribution in [-0.4, -0.2) is 66.1 Å². The van der Waals surface area contributed by atoms with Gasteiger partial charge in [0, 0.05) is 44.2 Å². The number of carbonyl (C=O) groups excluding carboxylic acids is 1. The van der Waals surface area contributed by atoms with E-state index in [9.17, 15) is 4.79 Å². The summed E-state index contributed by atoms with van der Waals surface area (Å²) in [5, 5.41) is 0. The third-order valence-electron chi connectivity index (χ3n) is 5.54. The van der Waals surface area contributed by atoms with Crippen molar-refractivity contribution in [2.75, 3.05) is 39.5 Å². The number of piperazine rings is 1. The van der Waals surface area contributed by atoms with Crippen LogP contribution < -0.4 is 0 Å². The van der Waals surface area contributed by atoms with Gasteiger partial charge in [0.25, 0.3) is 0 Å². The molecule has 1 aliphatic heterocycles. The van der Waals surface area contributed by atoms with Crippen molar-refractivity contribution in [1.29, 1.82) is 0 Å². The highest BCUT2D eigenvalue weighted by atomic mass is 32.2. The average Bonchev–Trinajstić information content (AvgIpc) is 2.74. The molecule has 1 saturated heterocycles. The number of carbonyl (C=O) groups is 1. The van der Waals surface area contributed by atoms with Gasteiger partial charge in [-0.25, -0.2) is 0 Å². The SMILES string of the molecule is CSc1ccc(CN(C)C(C)C(=O)N2CCN(Cc3ccccc3)CC2)cc1. The third-order valence-corrected chi connectivity index (χ3v) is 6.29. The molecule has 1 heterocycles. The number of hydrogen-bond donors (Lipinski definition) is 0. The van der Waals surface area contributed by atoms with Crippen LogP contribution in [-0.2, 0) is 17.9 Å². The minimum Gasteiger partial charge on any atom is -0.339 e. The van der Waals surface area contributed by atoms with Gasteiger partial charge in [-0.3, -0.25) is 14.6 Å². The minimum atomic E-state index is -0.110. The Morgan fingerprint density at radius 2 is 1.64 bits per heavy atom. The highest BCUT2D eigenvalue weighted by Crippen LogP contribution is 2.17. The normalized spacial score (nSPS) is 16.4. The molecule has 1 atom stereocenters. The van der Waals surface area contributed by atoms with Gasteiger partial charge in [0.1, 0.15) is 0 Å². The maximum atomic E-state index is 13.0. The molecule has 0 spiro atoms. The first-order valence-electron chi connectivity index (χ1n) is 9.95. The van der Waals surface area contributed by atoms with Crippen LogP contribution in [0.5, 0.6) is 0 Å². The highest BCUT2D eigenvalue weighted by Gasteiger charge is 2.27. The molecule has 0 bridgehead atoms. The summed E-state index contributed by atoms with van der Waals surface area (Å²) in [6.45, 7) is 7.27. The molecule has 0 N–H and O–H groups in total. The Hall–Kier alpha value is -1.82. The van der Waals surface area contributed by atoms with Gasteiger partial charge in [0.05, 0.1) is 6.04 Å². The summed E-state index contributed by atoms with van der Waals surface area (Å²) in [6.07, 6.45) is 2.08. The van der Waals surface area contributed by atoms with Crippen LogP contribution in [0.2, 0.25) is 0 Å². The fourth-order valence-electron chi connectivity index (χ4n) is 3.58. The molecule has 150 valence electrons. The standard InChI is InChI=1S/C23H31N3OS/c1-19(24(2)17-21-9-11-22(28-3)12-10-21)23(27)26-15-13-25(14-16-26)18-20-7-5-4-6-8-20/h4-12,19H,13-18H2,1-3H3. The number of rotatable bonds is 7. The van der Waals surface area contributed by atoms with Gasteiger partial charge in [-0.05, 0) is 43.5 Å². The van der Waals surface area contributed by atoms with Gasteiger partial charge in [-0.2, -0.15) is 0 Å². The van der Waals surface area contributed by atoms with Gasteiger partial charge in [0.15, 0.2) is 0 Å². The largest absolute Gasteiger partial charge is 0.339 e. The van der Waals surface area contributed by atoms with E-state index in [4.69, 9.17) is 0 Å². The Morgan fingerprint density at radius 3 is 2.25 bits per heavy atom. The van der Waals surface area contributed by atoms with Gasteiger partial charge in [-0.15, -0.1) is 11.8 Å². The molecule has 0 aliphatic carbocycles. The second-order valence-electron chi connectivity index (χ2n) is 7.53. The number of amides is 1. The molecule has 3 rings (SSSR count). The van der Waals surface area contributed by atoms with Gasteiger partial charge in [-0.1, -0.05) is 42.5 Å². The van der Waals surface area contributed by atoms with Crippen molar-refractivity contribution in [1.82, 2.24) is 14.7 Å². The number of likely N-dealkylation sites (N-methyl/N-ethyl adjacent to an activating group) is 1. The lowest BCUT2D eigenvalue weighted by Crippen LogP contribution is -2.53. The zero-order valence-electron chi connectivity index (χ0n) is 17.2. The maximum Gasteiger partial charge on any atom is 0.239 e. The Kier molecular flexibility index (Phi) is 7.54. The monoisotopic (exact) mass is 397 g/mol. The molecule has 1 amide bonds. The van der Waals surface area contributed by atoms with E-state index in [-0.39, 0.29) is 11.9 Å². The van der Waals surface area contributed by atoms with E-state index >= 15 is 0 Å². The lowest BCUT2D eigenvalue weighted by atomic mass is 10.1. The first kappa shape index (κ1) is 20.9. The zero-order chi connectivity index (χ0) is 19.9. The van der Waals surface area contributed by atoms with Crippen molar-refractivity contribution in [3.63, 3.8) is 0 Å². The van der Waals surface area contributed by atoms with Crippen LogP contribution in [0.15, 0.2) is 59.5 Å². The third kappa shape index (κ3) is 5.60. The smallest absolute Gasteiger partial charge is 0.239 e. The lowest BCUT2D eigenvalue weighted by Gasteiger charge is -2.37. The summed E-state index contributed by atoms with van der Waals surface area (Å²) >= 11 is 1.75. The topological polar surface area (TPSA) is 26.8 Å². The van der Waals surface area contributed by atoms with Crippen LogP contribution in [0.1, 0.15) is 18.1 Å². The van der Waals surface area contributed by atoms with Crippen LogP contribution in [0.3, 0.4) is 0 Å². The van der Waals surface area contributed by atoms with Crippen LogP contribution in [0.4, 0.5) is 0 Å². The van der Waals surface area contributed by atoms with Crippen LogP contribution in [0, 0.1) is 0 Å². The van der Waals surface area contributed by atoms with Gasteiger partial charge in [0.2, 0.25) is 5.91 Å². The number of hydrogen-bond acceptors (Lipinski definition) is 4. The molecule has 1 unspecified atom stereocenters. The molecule has 2 aromatic rings. The number of thioether (sulfide) groups is 1. The molecule has 1 aliphatic rings. The summed E-state index contributed by atoms with van der Waals surface area (Å²) in [7, 11) is 2.04. The van der Waals surface area contributed by atoms with Crippen molar-refractivity contribution in [3.8, 4) is 0 Å². The van der Waals surface area contributed by atoms with E-state index in [2.05, 4.69) is 70.7 Å². The fourth-order valence-corrected chi connectivity index (χ4v) is 3.98. The predicted octanol–water partition coefficient (Wildman–Crippen LogP) is 3.57. The molecule has 0 radical (unpaired) electrons. The molecule has 0 aromatic heterocycles. The summed E-state index contributed by atoms with van der Waals surface area (Å²) in [5.41, 5.74) is 2.58. The quantitative estimate of drug-likeness (QED) is 0.668. The van der Waals surface area contributed by atoms with Crippen molar-refractivity contribution < 1.29 is 4.79 Å². The van der Waals surface area contributed by atoms with Crippen molar-refractivity contribution >= 4 is 17.7 Å². The Balaban J connectivity index is 1.48. The number of nitrogens with zero attached hydrogens (tertiary/aromatic N) is 3. The summed E-state index contributed by atoms with van der Waals surface area (Å²) in [4.78, 5) is 20.8. The summed E-state index contributed by atoms with van der Waals surface area (Å²) in [6, 6.07) is 19.0. The molecule has 28 heavy (non-hydrogen) atoms. The van der Waals surface area contributed by atoms with E-state index in [1.54, 1.807) is 11.8 Å². The van der Waals surface area contributed by atoms with Gasteiger partial charge < -0.3 is 4.90 Å². The van der Waals surface area contributed by atoms with Crippen molar-refractivity contribution in [3.05, 3.63) is 65.7 Å². The zero-order valence-corrected chi connectivity index (χ0v) is 18.0. The van der Waals surface area contributed by atoms with E-state index in [1.165, 1.54) is 16.0 Å². The fraction of sp³-hybridized carbons (Fsp3) is 0.435. The Morgan fingerprint density at radius 1 is 1.00 bits per heavy atom. The molecular weight excluding hydrogens is 366 g/mol. The molecule has 5 heteroatoms. The lowest BCUT2D eigenvalue weighted by molar-refractivity contribution is -0.138. The Labute approximate surface area is 173 Å². The van der Waals surface area contributed by atoms with Gasteiger partial charge >= 0.3 is 0 Å². The Bertz CT molecular complexity index is 742. The second-order valence-corrected chi connectivity index (χ2v) is 8.41. The van der Waals surface area contributed by atoms with E-state index in [0.29, 0.717) is 0 Å². The van der Waals surface area contributed by atoms with Crippen LogP contribution >= 0.6 is 11.8 Å². The molecule has 0 saturated carbocycles. The first-order chi connectivity index (χ1) is 13.6. The molecule has 1 fully saturated rings. The average molecular weight is 398 g/mol. The first-order valence-corrected chi connectivity index (χ1v) is 11.2. The minimum absolute atomic E-state index is 0.110. The predicted molar refractivity (Wildman–Crippen MR) is 117 cm³/mol. The maximum absolute atomic E-state index is 13.0. The van der Waals surface area contributed by atoms with E-state index < -0.39 is 0 Å². The molecular formula is C23H31N3OS. The molecule has 2 aromatic carbocycles. The summed E-state index contributed by atoms with van der Waals surface area (Å²) in [5.74, 6) is 0.239. The second kappa shape index (κ2) is 10.1. The van der Waals surface area contributed by atoms with Crippen LogP contribution in [0.25, 0.3) is 0 Å². The van der Waals surface area contributed by atoms with E-state index in [0.717, 1.165) is 39.3 Å². The summed E-state index contributed by atoms with van der Waals surface area (Å²) < 4.78 is 0. The van der Waals surface area contributed by atoms with E-state index in [1.807, 2.05) is 18.9 Å². The molecule has 4 nitrogen and oxygen atoms in total. The van der Waals surface area contributed by atoms with Crippen molar-refractivity contribution in [2.45, 2.75) is 31.0 Å². The van der Waals surface area contributed by atoms with Crippen molar-refractivity contribution in [2.24, 2.45) is 0 Å². The number of benzene rings is 2.